The molecule has 0 aromatic heterocycles. The number of halogens is 3. The number of hydrogen-bond donors (Lipinski definition) is 0. The van der Waals surface area contributed by atoms with Gasteiger partial charge >= 0.3 is 21.7 Å². The molecule has 0 aliphatic carbocycles. The van der Waals surface area contributed by atoms with Gasteiger partial charge in [-0.1, -0.05) is 72.5 Å². The molecule has 0 radical (unpaired) electrons. The first-order valence-electron chi connectivity index (χ1n) is 8.74. The predicted molar refractivity (Wildman–Crippen MR) is 104 cm³/mol. The van der Waals surface area contributed by atoms with Crippen LogP contribution in [0.25, 0.3) is 0 Å². The summed E-state index contributed by atoms with van der Waals surface area (Å²) in [5.41, 5.74) is 12.4. The van der Waals surface area contributed by atoms with Crippen molar-refractivity contribution in [2.75, 3.05) is 0 Å². The van der Waals surface area contributed by atoms with Gasteiger partial charge in [0.1, 0.15) is 0 Å². The molecule has 0 unspecified atom stereocenters. The quantitative estimate of drug-likeness (QED) is 0.293. The summed E-state index contributed by atoms with van der Waals surface area (Å²) >= 11 is 0. The van der Waals surface area contributed by atoms with Crippen molar-refractivity contribution >= 4 is 0 Å². The standard InChI is InChI=1S/C24H27.3ClH.Ti/c1-15-9-16(2)12-21(11-15)24(23-8-7-19(5)20(23)6)22-13-17(3)10-18(4)14-22;;;;/h7-14,24H,1-6H3;3*1H;/q-1;;;;+4/p-3. The Hall–Kier alpha value is -0.626. The Labute approximate surface area is 204 Å². The van der Waals surface area contributed by atoms with E-state index in [1.807, 2.05) is 0 Å². The molecule has 28 heavy (non-hydrogen) atoms. The summed E-state index contributed by atoms with van der Waals surface area (Å²) in [4.78, 5) is 0. The summed E-state index contributed by atoms with van der Waals surface area (Å²) in [5.74, 6) is 0.302. The van der Waals surface area contributed by atoms with E-state index >= 15 is 0 Å². The van der Waals surface area contributed by atoms with Gasteiger partial charge in [-0.05, 0) is 44.7 Å². The summed E-state index contributed by atoms with van der Waals surface area (Å²) < 4.78 is 0. The average molecular weight is 470 g/mol. The molecule has 0 saturated heterocycles. The van der Waals surface area contributed by atoms with Crippen LogP contribution >= 0.6 is 0 Å². The number of hydrogen-bond acceptors (Lipinski definition) is 0. The molecule has 0 saturated carbocycles. The van der Waals surface area contributed by atoms with E-state index in [1.54, 1.807) is 0 Å². The predicted octanol–water partition coefficient (Wildman–Crippen LogP) is -2.55. The molecule has 4 heteroatoms. The second-order valence-corrected chi connectivity index (χ2v) is 7.37. The third kappa shape index (κ3) is 6.44. The molecule has 0 amide bonds. The van der Waals surface area contributed by atoms with Gasteiger partial charge in [-0.3, -0.25) is 0 Å². The third-order valence-electron chi connectivity index (χ3n) is 5.00. The smallest absolute Gasteiger partial charge is 1.00 e. The van der Waals surface area contributed by atoms with E-state index in [4.69, 9.17) is 0 Å². The summed E-state index contributed by atoms with van der Waals surface area (Å²) in [6.45, 7) is 13.2. The van der Waals surface area contributed by atoms with Crippen LogP contribution in [0.4, 0.5) is 0 Å². The summed E-state index contributed by atoms with van der Waals surface area (Å²) in [6.07, 6.45) is 0. The SMILES string of the molecule is Cc1cc(C)cc(C(c2cc(C)cc(C)c2)[c-]2ccc(C)c2C)c1.[Cl-].[Cl-].[Cl-].[Ti+4]. The fourth-order valence-corrected chi connectivity index (χ4v) is 3.91. The first kappa shape index (κ1) is 29.6. The van der Waals surface area contributed by atoms with Crippen LogP contribution in [0.2, 0.25) is 0 Å². The molecule has 0 nitrogen and oxygen atoms in total. The van der Waals surface area contributed by atoms with Crippen LogP contribution in [0.3, 0.4) is 0 Å². The Morgan fingerprint density at radius 1 is 0.607 bits per heavy atom. The van der Waals surface area contributed by atoms with Gasteiger partial charge in [0.25, 0.3) is 0 Å². The van der Waals surface area contributed by atoms with Crippen molar-refractivity contribution in [2.45, 2.75) is 47.5 Å². The topological polar surface area (TPSA) is 0 Å². The fourth-order valence-electron chi connectivity index (χ4n) is 3.91. The first-order chi connectivity index (χ1) is 11.3. The van der Waals surface area contributed by atoms with E-state index in [0.717, 1.165) is 0 Å². The van der Waals surface area contributed by atoms with E-state index < -0.39 is 0 Å². The monoisotopic (exact) mass is 468 g/mol. The molecule has 0 heterocycles. The molecular formula is C24H27Cl3Ti. The zero-order valence-corrected chi connectivity index (χ0v) is 21.2. The molecule has 0 aliphatic heterocycles. The second kappa shape index (κ2) is 12.2. The molecule has 0 bridgehead atoms. The zero-order chi connectivity index (χ0) is 17.4. The van der Waals surface area contributed by atoms with Gasteiger partial charge in [-0.25, -0.2) is 6.07 Å². The maximum absolute atomic E-state index is 2.34. The summed E-state index contributed by atoms with van der Waals surface area (Å²) in [7, 11) is 0. The van der Waals surface area contributed by atoms with Crippen LogP contribution in [0, 0.1) is 41.5 Å². The van der Waals surface area contributed by atoms with Gasteiger partial charge in [0.2, 0.25) is 0 Å². The molecule has 0 atom stereocenters. The van der Waals surface area contributed by atoms with Gasteiger partial charge < -0.3 is 37.2 Å². The van der Waals surface area contributed by atoms with Crippen LogP contribution in [-0.4, -0.2) is 0 Å². The second-order valence-electron chi connectivity index (χ2n) is 7.37. The van der Waals surface area contributed by atoms with Gasteiger partial charge in [0.15, 0.2) is 0 Å². The summed E-state index contributed by atoms with van der Waals surface area (Å²) in [5, 5.41) is 0. The minimum atomic E-state index is 0. The Morgan fingerprint density at radius 2 is 0.964 bits per heavy atom. The average Bonchev–Trinajstić information content (AvgIpc) is 2.78. The van der Waals surface area contributed by atoms with Crippen LogP contribution in [0.5, 0.6) is 0 Å². The maximum atomic E-state index is 2.34. The number of aryl methyl sites for hydroxylation is 5. The Kier molecular flexibility index (Phi) is 12.8. The molecular weight excluding hydrogens is 442 g/mol. The third-order valence-corrected chi connectivity index (χ3v) is 5.00. The van der Waals surface area contributed by atoms with Crippen LogP contribution < -0.4 is 37.2 Å². The molecule has 0 N–H and O–H groups in total. The Balaban J connectivity index is 0. The van der Waals surface area contributed by atoms with Crippen molar-refractivity contribution < 1.29 is 58.9 Å². The fraction of sp³-hybridized carbons (Fsp3) is 0.292. The Morgan fingerprint density at radius 3 is 1.25 bits per heavy atom. The van der Waals surface area contributed by atoms with E-state index in [-0.39, 0.29) is 58.9 Å². The number of rotatable bonds is 3. The van der Waals surface area contributed by atoms with Gasteiger partial charge in [-0.2, -0.15) is 17.2 Å². The minimum absolute atomic E-state index is 0. The van der Waals surface area contributed by atoms with E-state index in [0.29, 0.717) is 5.92 Å². The van der Waals surface area contributed by atoms with Crippen molar-refractivity contribution in [3.05, 3.63) is 98.6 Å². The van der Waals surface area contributed by atoms with Crippen molar-refractivity contribution in [3.63, 3.8) is 0 Å². The van der Waals surface area contributed by atoms with Crippen molar-refractivity contribution in [1.82, 2.24) is 0 Å². The van der Waals surface area contributed by atoms with Crippen molar-refractivity contribution in [1.29, 1.82) is 0 Å². The van der Waals surface area contributed by atoms with Crippen molar-refractivity contribution in [2.24, 2.45) is 0 Å². The van der Waals surface area contributed by atoms with Crippen LogP contribution in [-0.2, 0) is 21.7 Å². The van der Waals surface area contributed by atoms with Gasteiger partial charge in [0.05, 0.1) is 0 Å². The van der Waals surface area contributed by atoms with Gasteiger partial charge in [-0.15, -0.1) is 5.56 Å². The zero-order valence-electron chi connectivity index (χ0n) is 17.3. The van der Waals surface area contributed by atoms with E-state index in [2.05, 4.69) is 90.1 Å². The van der Waals surface area contributed by atoms with Crippen LogP contribution in [0.1, 0.15) is 56.0 Å². The van der Waals surface area contributed by atoms with E-state index in [9.17, 15) is 0 Å². The molecule has 0 spiro atoms. The Bertz CT molecular complexity index is 805. The summed E-state index contributed by atoms with van der Waals surface area (Å²) in [6, 6.07) is 18.5. The molecule has 3 aromatic rings. The first-order valence-corrected chi connectivity index (χ1v) is 8.74. The molecule has 0 fully saturated rings. The molecule has 3 aromatic carbocycles. The largest absolute Gasteiger partial charge is 4.00 e. The minimum Gasteiger partial charge on any atom is -1.00 e. The van der Waals surface area contributed by atoms with Crippen LogP contribution in [0.15, 0.2) is 48.5 Å². The molecule has 3 rings (SSSR count). The van der Waals surface area contributed by atoms with E-state index in [1.165, 1.54) is 50.1 Å². The normalized spacial score (nSPS) is 9.68. The van der Waals surface area contributed by atoms with Crippen molar-refractivity contribution in [3.8, 4) is 0 Å². The number of benzene rings is 2. The van der Waals surface area contributed by atoms with Gasteiger partial charge in [0, 0.05) is 0 Å². The molecule has 0 aliphatic rings. The molecule has 148 valence electrons. The maximum Gasteiger partial charge on any atom is 4.00 e.